The Labute approximate surface area is 170 Å². The van der Waals surface area contributed by atoms with Crippen LogP contribution in [0.3, 0.4) is 0 Å². The minimum atomic E-state index is -1.05. The van der Waals surface area contributed by atoms with E-state index in [0.29, 0.717) is 57.9 Å². The molecule has 1 saturated heterocycles. The van der Waals surface area contributed by atoms with Gasteiger partial charge in [-0.2, -0.15) is 0 Å². The van der Waals surface area contributed by atoms with Gasteiger partial charge in [0.15, 0.2) is 0 Å². The second-order valence-corrected chi connectivity index (χ2v) is 8.85. The summed E-state index contributed by atoms with van der Waals surface area (Å²) in [5.41, 5.74) is -0.0346. The Morgan fingerprint density at radius 1 is 1.17 bits per heavy atom. The van der Waals surface area contributed by atoms with Crippen molar-refractivity contribution < 1.29 is 19.3 Å². The molecule has 5 atom stereocenters. The SMILES string of the molecule is CCOC1=C(N2CCOCC2)[C@H](C2CCC[C@H]2[N+](=O)[O-])[C@@H]2CCC[C@]2([N+](=O)[O-])C1. The van der Waals surface area contributed by atoms with Gasteiger partial charge in [0.25, 0.3) is 0 Å². The first kappa shape index (κ1) is 20.4. The maximum Gasteiger partial charge on any atom is 0.232 e. The summed E-state index contributed by atoms with van der Waals surface area (Å²) in [6.45, 7) is 4.95. The minimum absolute atomic E-state index is 0.0943. The van der Waals surface area contributed by atoms with Crippen LogP contribution in [0.25, 0.3) is 0 Å². The van der Waals surface area contributed by atoms with Gasteiger partial charge in [0.1, 0.15) is 5.76 Å². The van der Waals surface area contributed by atoms with E-state index in [0.717, 1.165) is 31.4 Å². The molecule has 0 spiro atoms. The minimum Gasteiger partial charge on any atom is -0.496 e. The zero-order valence-corrected chi connectivity index (χ0v) is 17.1. The summed E-state index contributed by atoms with van der Waals surface area (Å²) >= 11 is 0. The lowest BCUT2D eigenvalue weighted by Gasteiger charge is -2.47. The van der Waals surface area contributed by atoms with Crippen LogP contribution < -0.4 is 0 Å². The van der Waals surface area contributed by atoms with Crippen molar-refractivity contribution in [1.82, 2.24) is 4.90 Å². The van der Waals surface area contributed by atoms with E-state index in [1.807, 2.05) is 6.92 Å². The van der Waals surface area contributed by atoms with Crippen molar-refractivity contribution in [2.75, 3.05) is 32.9 Å². The van der Waals surface area contributed by atoms with Gasteiger partial charge >= 0.3 is 0 Å². The summed E-state index contributed by atoms with van der Waals surface area (Å²) in [6, 6.07) is -0.623. The molecule has 2 saturated carbocycles. The van der Waals surface area contributed by atoms with Gasteiger partial charge in [-0.3, -0.25) is 20.2 Å². The van der Waals surface area contributed by atoms with Gasteiger partial charge in [0, 0.05) is 53.5 Å². The predicted octanol–water partition coefficient (Wildman–Crippen LogP) is 2.85. The molecule has 0 bridgehead atoms. The highest BCUT2D eigenvalue weighted by molar-refractivity contribution is 5.25. The van der Waals surface area contributed by atoms with Crippen LogP contribution in [-0.2, 0) is 9.47 Å². The Morgan fingerprint density at radius 2 is 1.93 bits per heavy atom. The summed E-state index contributed by atoms with van der Waals surface area (Å²) < 4.78 is 11.6. The number of allylic oxidation sites excluding steroid dienone is 1. The molecular weight excluding hydrogens is 378 g/mol. The lowest BCUT2D eigenvalue weighted by molar-refractivity contribution is -0.583. The normalized spacial score (nSPS) is 37.5. The maximum atomic E-state index is 12.3. The van der Waals surface area contributed by atoms with E-state index in [1.54, 1.807) is 0 Å². The number of nitro groups is 2. The van der Waals surface area contributed by atoms with Crippen LogP contribution in [0.5, 0.6) is 0 Å². The van der Waals surface area contributed by atoms with Gasteiger partial charge in [0.2, 0.25) is 11.6 Å². The summed E-state index contributed by atoms with van der Waals surface area (Å²) in [5.74, 6) is 0.184. The highest BCUT2D eigenvalue weighted by Crippen LogP contribution is 2.57. The van der Waals surface area contributed by atoms with Gasteiger partial charge < -0.3 is 14.4 Å². The fourth-order valence-electron chi connectivity index (χ4n) is 6.49. The lowest BCUT2D eigenvalue weighted by Crippen LogP contribution is -2.55. The molecule has 4 rings (SSSR count). The third-order valence-electron chi connectivity index (χ3n) is 7.61. The quantitative estimate of drug-likeness (QED) is 0.490. The molecule has 162 valence electrons. The van der Waals surface area contributed by atoms with Crippen molar-refractivity contribution in [2.24, 2.45) is 17.8 Å². The van der Waals surface area contributed by atoms with Gasteiger partial charge in [0.05, 0.1) is 31.9 Å². The van der Waals surface area contributed by atoms with Crippen LogP contribution in [0.1, 0.15) is 51.9 Å². The number of morpholine rings is 1. The number of nitrogens with zero attached hydrogens (tertiary/aromatic N) is 3. The first-order valence-corrected chi connectivity index (χ1v) is 11.0. The van der Waals surface area contributed by atoms with Gasteiger partial charge in [-0.25, -0.2) is 0 Å². The molecule has 0 aromatic carbocycles. The Morgan fingerprint density at radius 3 is 2.59 bits per heavy atom. The van der Waals surface area contributed by atoms with E-state index in [4.69, 9.17) is 9.47 Å². The van der Waals surface area contributed by atoms with Crippen molar-refractivity contribution in [3.05, 3.63) is 31.7 Å². The third-order valence-corrected chi connectivity index (χ3v) is 7.61. The number of fused-ring (bicyclic) bond motifs is 1. The fourth-order valence-corrected chi connectivity index (χ4v) is 6.49. The molecule has 3 aliphatic carbocycles. The van der Waals surface area contributed by atoms with E-state index in [2.05, 4.69) is 4.90 Å². The monoisotopic (exact) mass is 409 g/mol. The molecule has 0 radical (unpaired) electrons. The van der Waals surface area contributed by atoms with Crippen molar-refractivity contribution >= 4 is 0 Å². The zero-order valence-electron chi connectivity index (χ0n) is 17.1. The fraction of sp³-hybridized carbons (Fsp3) is 0.900. The molecule has 1 aliphatic heterocycles. The van der Waals surface area contributed by atoms with Crippen LogP contribution >= 0.6 is 0 Å². The average molecular weight is 409 g/mol. The summed E-state index contributed by atoms with van der Waals surface area (Å²) in [5, 5.41) is 24.2. The van der Waals surface area contributed by atoms with Crippen LogP contribution in [0, 0.1) is 38.0 Å². The number of ether oxygens (including phenoxy) is 2. The molecule has 9 nitrogen and oxygen atoms in total. The molecule has 1 heterocycles. The molecule has 29 heavy (non-hydrogen) atoms. The molecule has 1 unspecified atom stereocenters. The summed E-state index contributed by atoms with van der Waals surface area (Å²) in [4.78, 5) is 26.2. The molecule has 0 N–H and O–H groups in total. The summed E-state index contributed by atoms with van der Waals surface area (Å²) in [6.07, 6.45) is 4.53. The van der Waals surface area contributed by atoms with Gasteiger partial charge in [-0.1, -0.05) is 0 Å². The van der Waals surface area contributed by atoms with Crippen LogP contribution in [0.2, 0.25) is 0 Å². The molecule has 0 aromatic heterocycles. The molecule has 3 fully saturated rings. The Balaban J connectivity index is 1.83. The molecule has 0 amide bonds. The second-order valence-electron chi connectivity index (χ2n) is 8.85. The number of hydrogen-bond acceptors (Lipinski definition) is 7. The summed E-state index contributed by atoms with van der Waals surface area (Å²) in [7, 11) is 0. The highest BCUT2D eigenvalue weighted by atomic mass is 16.6. The van der Waals surface area contributed by atoms with E-state index in [1.165, 1.54) is 0 Å². The van der Waals surface area contributed by atoms with Gasteiger partial charge in [-0.15, -0.1) is 0 Å². The Kier molecular flexibility index (Phi) is 5.68. The maximum absolute atomic E-state index is 12.3. The average Bonchev–Trinajstić information content (AvgIpc) is 3.35. The number of hydrogen-bond donors (Lipinski definition) is 0. The Bertz CT molecular complexity index is 692. The molecule has 9 heteroatoms. The van der Waals surface area contributed by atoms with E-state index in [-0.39, 0.29) is 27.6 Å². The smallest absolute Gasteiger partial charge is 0.232 e. The number of rotatable bonds is 6. The van der Waals surface area contributed by atoms with Crippen LogP contribution in [0.15, 0.2) is 11.5 Å². The standard InChI is InChI=1S/C20H31N3O6/c1-2-29-17-13-20(23(26)27)8-4-6-15(20)18(14-5-3-7-16(14)22(24)25)19(17)21-9-11-28-12-10-21/h14-16,18H,2-13H2,1H3/t14?,15-,16+,18+,20-/m0/s1. The third kappa shape index (κ3) is 3.37. The van der Waals surface area contributed by atoms with Crippen molar-refractivity contribution in [3.8, 4) is 0 Å². The van der Waals surface area contributed by atoms with Gasteiger partial charge in [-0.05, 0) is 32.6 Å². The zero-order chi connectivity index (χ0) is 20.6. The predicted molar refractivity (Wildman–Crippen MR) is 104 cm³/mol. The van der Waals surface area contributed by atoms with Crippen LogP contribution in [0.4, 0.5) is 0 Å². The molecule has 0 aromatic rings. The molecular formula is C20H31N3O6. The van der Waals surface area contributed by atoms with Crippen molar-refractivity contribution in [1.29, 1.82) is 0 Å². The Hall–Kier alpha value is -1.90. The van der Waals surface area contributed by atoms with Crippen LogP contribution in [-0.4, -0.2) is 59.2 Å². The topological polar surface area (TPSA) is 108 Å². The van der Waals surface area contributed by atoms with E-state index < -0.39 is 11.6 Å². The first-order chi connectivity index (χ1) is 14.0. The van der Waals surface area contributed by atoms with E-state index in [9.17, 15) is 20.2 Å². The first-order valence-electron chi connectivity index (χ1n) is 11.0. The molecule has 4 aliphatic rings. The largest absolute Gasteiger partial charge is 0.496 e. The second kappa shape index (κ2) is 8.08. The highest BCUT2D eigenvalue weighted by Gasteiger charge is 2.64. The van der Waals surface area contributed by atoms with E-state index >= 15 is 0 Å². The van der Waals surface area contributed by atoms with Crippen molar-refractivity contribution in [3.63, 3.8) is 0 Å². The van der Waals surface area contributed by atoms with Crippen molar-refractivity contribution in [2.45, 2.75) is 63.5 Å². The lowest BCUT2D eigenvalue weighted by atomic mass is 9.64.